The molecule has 0 bridgehead atoms. The fraction of sp³-hybridized carbons (Fsp3) is 0.583. The molecule has 0 radical (unpaired) electrons. The van der Waals surface area contributed by atoms with Crippen molar-refractivity contribution in [2.75, 3.05) is 6.54 Å². The molecule has 1 rings (SSSR count). The van der Waals surface area contributed by atoms with Gasteiger partial charge in [0.25, 0.3) is 5.91 Å². The van der Waals surface area contributed by atoms with E-state index in [1.54, 1.807) is 0 Å². The van der Waals surface area contributed by atoms with Crippen LogP contribution >= 0.6 is 27.3 Å². The molecule has 0 spiro atoms. The minimum absolute atomic E-state index is 0.0134. The molecule has 5 nitrogen and oxygen atoms in total. The van der Waals surface area contributed by atoms with Gasteiger partial charge in [0.05, 0.1) is 9.80 Å². The summed E-state index contributed by atoms with van der Waals surface area (Å²) >= 11 is 4.47. The lowest BCUT2D eigenvalue weighted by molar-refractivity contribution is -0.380. The minimum atomic E-state index is -0.487. The zero-order chi connectivity index (χ0) is 14.4. The van der Waals surface area contributed by atoms with E-state index in [4.69, 9.17) is 0 Å². The van der Waals surface area contributed by atoms with Crippen molar-refractivity contribution in [1.82, 2.24) is 5.32 Å². The molecular formula is C12H17BrN2O3S. The molecule has 0 aliphatic carbocycles. The number of rotatable bonds is 7. The normalized spacial score (nSPS) is 12.4. The number of hydrogen-bond donors (Lipinski definition) is 1. The highest BCUT2D eigenvalue weighted by atomic mass is 79.9. The van der Waals surface area contributed by atoms with Crippen LogP contribution in [0, 0.1) is 16.0 Å². The van der Waals surface area contributed by atoms with Gasteiger partial charge < -0.3 is 5.32 Å². The molecule has 0 aromatic carbocycles. The van der Waals surface area contributed by atoms with Gasteiger partial charge in [-0.1, -0.05) is 54.0 Å². The molecule has 1 heterocycles. The number of nitro groups is 1. The van der Waals surface area contributed by atoms with Crippen molar-refractivity contribution >= 4 is 38.2 Å². The fourth-order valence-electron chi connectivity index (χ4n) is 1.79. The third kappa shape index (κ3) is 4.58. The van der Waals surface area contributed by atoms with E-state index in [1.165, 1.54) is 12.1 Å². The van der Waals surface area contributed by atoms with Crippen molar-refractivity contribution in [3.8, 4) is 0 Å². The molecule has 0 saturated heterocycles. The van der Waals surface area contributed by atoms with Gasteiger partial charge in [-0.2, -0.15) is 0 Å². The Balaban J connectivity index is 2.53. The number of amides is 1. The first-order valence-electron chi connectivity index (χ1n) is 6.16. The van der Waals surface area contributed by atoms with E-state index >= 15 is 0 Å². The summed E-state index contributed by atoms with van der Waals surface area (Å²) < 4.78 is 0. The quantitative estimate of drug-likeness (QED) is 0.465. The number of hydrogen-bond acceptors (Lipinski definition) is 4. The van der Waals surface area contributed by atoms with E-state index in [9.17, 15) is 14.9 Å². The van der Waals surface area contributed by atoms with Crippen LogP contribution in [0.5, 0.6) is 0 Å². The second kappa shape index (κ2) is 7.59. The number of halogens is 1. The Bertz CT molecular complexity index is 446. The molecule has 0 saturated carbocycles. The molecule has 1 aromatic rings. The summed E-state index contributed by atoms with van der Waals surface area (Å²) in [5.41, 5.74) is 0. The summed E-state index contributed by atoms with van der Waals surface area (Å²) in [6.07, 6.45) is 2.10. The Kier molecular flexibility index (Phi) is 6.44. The van der Waals surface area contributed by atoms with Crippen LogP contribution in [0.25, 0.3) is 0 Å². The van der Waals surface area contributed by atoms with Crippen LogP contribution in [0.4, 0.5) is 5.00 Å². The highest BCUT2D eigenvalue weighted by Crippen LogP contribution is 2.24. The highest BCUT2D eigenvalue weighted by Gasteiger charge is 2.18. The Morgan fingerprint density at radius 1 is 1.47 bits per heavy atom. The third-order valence-electron chi connectivity index (χ3n) is 3.01. The van der Waals surface area contributed by atoms with E-state index in [2.05, 4.69) is 35.1 Å². The standard InChI is InChI=1S/C12H17BrN2O3S/c1-3-8(4-2)9(13)7-14-12(16)10-5-6-11(19-10)15(17)18/h5-6,8-9H,3-4,7H2,1-2H3,(H,14,16). The van der Waals surface area contributed by atoms with Crippen LogP contribution < -0.4 is 5.32 Å². The monoisotopic (exact) mass is 348 g/mol. The van der Waals surface area contributed by atoms with Gasteiger partial charge in [0, 0.05) is 17.4 Å². The lowest BCUT2D eigenvalue weighted by Crippen LogP contribution is -2.32. The lowest BCUT2D eigenvalue weighted by Gasteiger charge is -2.19. The van der Waals surface area contributed by atoms with Crippen LogP contribution in [0.2, 0.25) is 0 Å². The molecule has 1 unspecified atom stereocenters. The summed E-state index contributed by atoms with van der Waals surface area (Å²) in [5.74, 6) is 0.256. The molecule has 1 aromatic heterocycles. The predicted molar refractivity (Wildman–Crippen MR) is 80.1 cm³/mol. The van der Waals surface area contributed by atoms with Crippen LogP contribution in [-0.4, -0.2) is 22.2 Å². The number of thiophene rings is 1. The molecule has 19 heavy (non-hydrogen) atoms. The fourth-order valence-corrected chi connectivity index (χ4v) is 3.44. The first-order valence-corrected chi connectivity index (χ1v) is 7.89. The van der Waals surface area contributed by atoms with Crippen molar-refractivity contribution in [2.24, 2.45) is 5.92 Å². The molecule has 0 aliphatic heterocycles. The van der Waals surface area contributed by atoms with Gasteiger partial charge in [0.15, 0.2) is 0 Å². The maximum Gasteiger partial charge on any atom is 0.324 e. The Morgan fingerprint density at radius 3 is 2.58 bits per heavy atom. The van der Waals surface area contributed by atoms with Crippen molar-refractivity contribution in [3.05, 3.63) is 27.1 Å². The number of nitrogens with one attached hydrogen (secondary N) is 1. The first kappa shape index (κ1) is 16.1. The number of carbonyl (C=O) groups is 1. The van der Waals surface area contributed by atoms with E-state index < -0.39 is 4.92 Å². The van der Waals surface area contributed by atoms with Crippen LogP contribution in [0.15, 0.2) is 12.1 Å². The largest absolute Gasteiger partial charge is 0.350 e. The van der Waals surface area contributed by atoms with Gasteiger partial charge in [-0.05, 0) is 12.0 Å². The third-order valence-corrected chi connectivity index (χ3v) is 5.12. The summed E-state index contributed by atoms with van der Waals surface area (Å²) in [5, 5.41) is 13.3. The predicted octanol–water partition coefficient (Wildman–Crippen LogP) is 3.59. The van der Waals surface area contributed by atoms with E-state index in [1.807, 2.05) is 0 Å². The number of nitrogens with zero attached hydrogens (tertiary/aromatic N) is 1. The lowest BCUT2D eigenvalue weighted by atomic mass is 9.99. The summed E-state index contributed by atoms with van der Waals surface area (Å²) in [6, 6.07) is 2.84. The Hall–Kier alpha value is -0.950. The van der Waals surface area contributed by atoms with Crippen molar-refractivity contribution in [1.29, 1.82) is 0 Å². The van der Waals surface area contributed by atoms with Crippen molar-refractivity contribution in [2.45, 2.75) is 31.5 Å². The van der Waals surface area contributed by atoms with Crippen LogP contribution in [-0.2, 0) is 0 Å². The maximum absolute atomic E-state index is 11.8. The maximum atomic E-state index is 11.8. The zero-order valence-electron chi connectivity index (χ0n) is 10.9. The molecule has 1 atom stereocenters. The van der Waals surface area contributed by atoms with E-state index in [-0.39, 0.29) is 15.7 Å². The first-order chi connectivity index (χ1) is 8.99. The number of carbonyl (C=O) groups excluding carboxylic acids is 1. The molecular weight excluding hydrogens is 332 g/mol. The van der Waals surface area contributed by atoms with E-state index in [0.29, 0.717) is 17.3 Å². The Morgan fingerprint density at radius 2 is 2.11 bits per heavy atom. The van der Waals surface area contributed by atoms with E-state index in [0.717, 1.165) is 24.2 Å². The molecule has 0 fully saturated rings. The average Bonchev–Trinajstić information content (AvgIpc) is 2.87. The van der Waals surface area contributed by atoms with Gasteiger partial charge in [-0.25, -0.2) is 0 Å². The zero-order valence-corrected chi connectivity index (χ0v) is 13.3. The van der Waals surface area contributed by atoms with Crippen LogP contribution in [0.1, 0.15) is 36.4 Å². The molecule has 106 valence electrons. The van der Waals surface area contributed by atoms with Gasteiger partial charge in [-0.3, -0.25) is 14.9 Å². The van der Waals surface area contributed by atoms with Crippen molar-refractivity contribution in [3.63, 3.8) is 0 Å². The molecule has 1 N–H and O–H groups in total. The second-order valence-corrected chi connectivity index (χ2v) is 6.44. The molecule has 0 aliphatic rings. The van der Waals surface area contributed by atoms with Gasteiger partial charge in [0.2, 0.25) is 0 Å². The average molecular weight is 349 g/mol. The second-order valence-electron chi connectivity index (χ2n) is 4.20. The summed E-state index contributed by atoms with van der Waals surface area (Å²) in [6.45, 7) is 4.76. The minimum Gasteiger partial charge on any atom is -0.350 e. The van der Waals surface area contributed by atoms with Gasteiger partial charge in [0.1, 0.15) is 0 Å². The van der Waals surface area contributed by atoms with Gasteiger partial charge in [-0.15, -0.1) is 0 Å². The van der Waals surface area contributed by atoms with Crippen molar-refractivity contribution < 1.29 is 9.72 Å². The summed E-state index contributed by atoms with van der Waals surface area (Å²) in [4.78, 5) is 22.5. The topological polar surface area (TPSA) is 72.2 Å². The molecule has 7 heteroatoms. The molecule has 1 amide bonds. The Labute approximate surface area is 124 Å². The smallest absolute Gasteiger partial charge is 0.324 e. The van der Waals surface area contributed by atoms with Gasteiger partial charge >= 0.3 is 5.00 Å². The highest BCUT2D eigenvalue weighted by molar-refractivity contribution is 9.09. The number of alkyl halides is 1. The SMILES string of the molecule is CCC(CC)C(Br)CNC(=O)c1ccc([N+](=O)[O-])s1. The summed E-state index contributed by atoms with van der Waals surface area (Å²) in [7, 11) is 0. The van der Waals surface area contributed by atoms with Crippen LogP contribution in [0.3, 0.4) is 0 Å².